The summed E-state index contributed by atoms with van der Waals surface area (Å²) in [5.41, 5.74) is -1.48. The molecule has 0 atom stereocenters. The zero-order valence-corrected chi connectivity index (χ0v) is 14.0. The molecule has 5 aliphatic rings. The van der Waals surface area contributed by atoms with Crippen LogP contribution in [-0.2, 0) is 6.18 Å². The highest BCUT2D eigenvalue weighted by Crippen LogP contribution is 2.55. The number of carbonyl (C=O) groups is 1. The Bertz CT molecular complexity index is 684. The van der Waals surface area contributed by atoms with E-state index in [1.807, 2.05) is 0 Å². The first-order valence-corrected chi connectivity index (χ1v) is 9.30. The maximum Gasteiger partial charge on any atom is 0.433 e. The summed E-state index contributed by atoms with van der Waals surface area (Å²) < 4.78 is 41.7. The predicted octanol–water partition coefficient (Wildman–Crippen LogP) is 3.94. The van der Waals surface area contributed by atoms with Crippen LogP contribution in [0.25, 0.3) is 0 Å². The number of hydrogen-bond donors (Lipinski definition) is 1. The molecule has 5 aliphatic carbocycles. The molecule has 1 aromatic rings. The van der Waals surface area contributed by atoms with Crippen LogP contribution in [0.2, 0.25) is 0 Å². The van der Waals surface area contributed by atoms with E-state index < -0.39 is 17.8 Å². The first kappa shape index (κ1) is 15.7. The fourth-order valence-corrected chi connectivity index (χ4v) is 5.98. The van der Waals surface area contributed by atoms with E-state index in [1.165, 1.54) is 19.3 Å². The van der Waals surface area contributed by atoms with Gasteiger partial charge in [0.25, 0.3) is 5.91 Å². The molecule has 5 fully saturated rings. The first-order valence-electron chi connectivity index (χ1n) is 9.30. The Kier molecular flexibility index (Phi) is 3.15. The number of nitrogens with zero attached hydrogens (tertiary/aromatic N) is 2. The molecule has 7 heteroatoms. The van der Waals surface area contributed by atoms with Crippen molar-refractivity contribution >= 4 is 5.91 Å². The van der Waals surface area contributed by atoms with Crippen molar-refractivity contribution in [2.24, 2.45) is 17.8 Å². The third kappa shape index (κ3) is 2.57. The third-order valence-electron chi connectivity index (χ3n) is 6.62. The lowest BCUT2D eigenvalue weighted by Crippen LogP contribution is -2.59. The van der Waals surface area contributed by atoms with Crippen molar-refractivity contribution in [3.8, 4) is 0 Å². The highest BCUT2D eigenvalue weighted by atomic mass is 19.4. The Labute approximate surface area is 144 Å². The van der Waals surface area contributed by atoms with Crippen LogP contribution in [0.1, 0.15) is 73.5 Å². The van der Waals surface area contributed by atoms with Gasteiger partial charge in [0.05, 0.1) is 17.8 Å². The summed E-state index contributed by atoms with van der Waals surface area (Å²) in [6.45, 7) is 0. The Morgan fingerprint density at radius 2 is 1.68 bits per heavy atom. The summed E-state index contributed by atoms with van der Waals surface area (Å²) in [5.74, 6) is 1.29. The minimum Gasteiger partial charge on any atom is -0.346 e. The van der Waals surface area contributed by atoms with E-state index >= 15 is 0 Å². The van der Waals surface area contributed by atoms with E-state index in [2.05, 4.69) is 10.4 Å². The lowest BCUT2D eigenvalue weighted by atomic mass is 9.53. The van der Waals surface area contributed by atoms with Gasteiger partial charge in [-0.25, -0.2) is 0 Å². The van der Waals surface area contributed by atoms with Crippen LogP contribution in [0.3, 0.4) is 0 Å². The molecule has 0 radical (unpaired) electrons. The van der Waals surface area contributed by atoms with Crippen LogP contribution < -0.4 is 5.32 Å². The standard InChI is InChI=1S/C18H22F3N3O/c19-18(20,21)15-14(9-22-24(15)13-1-2-13)16(25)23-17-6-10-3-11(7-17)5-12(4-10)8-17/h9-13H,1-8H2,(H,23,25). The number of aromatic nitrogens is 2. The molecule has 0 spiro atoms. The minimum atomic E-state index is -4.56. The quantitative estimate of drug-likeness (QED) is 0.895. The maximum atomic E-state index is 13.5. The summed E-state index contributed by atoms with van der Waals surface area (Å²) in [7, 11) is 0. The molecule has 0 aromatic carbocycles. The molecule has 1 aromatic heterocycles. The molecular formula is C18H22F3N3O. The van der Waals surface area contributed by atoms with Crippen LogP contribution in [0, 0.1) is 17.8 Å². The van der Waals surface area contributed by atoms with Crippen molar-refractivity contribution in [2.75, 3.05) is 0 Å². The van der Waals surface area contributed by atoms with Crippen LogP contribution >= 0.6 is 0 Å². The van der Waals surface area contributed by atoms with Crippen molar-refractivity contribution < 1.29 is 18.0 Å². The van der Waals surface area contributed by atoms with Crippen molar-refractivity contribution in [3.05, 3.63) is 17.5 Å². The van der Waals surface area contributed by atoms with E-state index in [9.17, 15) is 18.0 Å². The zero-order valence-electron chi connectivity index (χ0n) is 14.0. The Balaban J connectivity index is 1.44. The molecule has 4 bridgehead atoms. The monoisotopic (exact) mass is 353 g/mol. The van der Waals surface area contributed by atoms with Crippen molar-refractivity contribution in [1.29, 1.82) is 0 Å². The van der Waals surface area contributed by atoms with Crippen molar-refractivity contribution in [3.63, 3.8) is 0 Å². The fourth-order valence-electron chi connectivity index (χ4n) is 5.98. The van der Waals surface area contributed by atoms with Crippen LogP contribution in [0.4, 0.5) is 13.2 Å². The number of amides is 1. The van der Waals surface area contributed by atoms with E-state index in [0.717, 1.165) is 30.1 Å². The molecule has 1 N–H and O–H groups in total. The largest absolute Gasteiger partial charge is 0.433 e. The van der Waals surface area contributed by atoms with Crippen LogP contribution in [0.5, 0.6) is 0 Å². The highest BCUT2D eigenvalue weighted by molar-refractivity contribution is 5.95. The summed E-state index contributed by atoms with van der Waals surface area (Å²) in [4.78, 5) is 12.8. The van der Waals surface area contributed by atoms with Crippen LogP contribution in [0.15, 0.2) is 6.20 Å². The van der Waals surface area contributed by atoms with Gasteiger partial charge in [-0.3, -0.25) is 9.48 Å². The molecule has 136 valence electrons. The first-order chi connectivity index (χ1) is 11.8. The molecule has 5 saturated carbocycles. The molecule has 0 aliphatic heterocycles. The second kappa shape index (κ2) is 5.01. The SMILES string of the molecule is O=C(NC12CC3CC(CC(C3)C1)C2)c1cnn(C2CC2)c1C(F)(F)F. The van der Waals surface area contributed by atoms with Gasteiger partial charge in [-0.2, -0.15) is 18.3 Å². The average Bonchev–Trinajstić information content (AvgIpc) is 3.21. The fraction of sp³-hybridized carbons (Fsp3) is 0.778. The van der Waals surface area contributed by atoms with Gasteiger partial charge in [0.15, 0.2) is 5.69 Å². The van der Waals surface area contributed by atoms with Crippen molar-refractivity contribution in [1.82, 2.24) is 15.1 Å². The van der Waals surface area contributed by atoms with Gasteiger partial charge in [-0.15, -0.1) is 0 Å². The van der Waals surface area contributed by atoms with Gasteiger partial charge in [0.1, 0.15) is 0 Å². The van der Waals surface area contributed by atoms with E-state index in [-0.39, 0.29) is 17.1 Å². The summed E-state index contributed by atoms with van der Waals surface area (Å²) in [5, 5.41) is 6.93. The normalized spacial score (nSPS) is 36.7. The maximum absolute atomic E-state index is 13.5. The van der Waals surface area contributed by atoms with Gasteiger partial charge >= 0.3 is 6.18 Å². The minimum absolute atomic E-state index is 0.210. The van der Waals surface area contributed by atoms with Gasteiger partial charge in [0.2, 0.25) is 0 Å². The molecule has 6 rings (SSSR count). The highest BCUT2D eigenvalue weighted by Gasteiger charge is 2.52. The number of hydrogen-bond acceptors (Lipinski definition) is 2. The second-order valence-corrected chi connectivity index (χ2v) is 8.73. The number of nitrogens with one attached hydrogen (secondary N) is 1. The summed E-state index contributed by atoms with van der Waals surface area (Å²) >= 11 is 0. The number of carbonyl (C=O) groups excluding carboxylic acids is 1. The Morgan fingerprint density at radius 1 is 1.12 bits per heavy atom. The van der Waals surface area contributed by atoms with E-state index in [1.54, 1.807) is 0 Å². The second-order valence-electron chi connectivity index (χ2n) is 8.73. The van der Waals surface area contributed by atoms with Gasteiger partial charge in [0, 0.05) is 5.54 Å². The smallest absolute Gasteiger partial charge is 0.346 e. The topological polar surface area (TPSA) is 46.9 Å². The summed E-state index contributed by atoms with van der Waals surface area (Å²) in [6, 6.07) is -0.210. The molecule has 1 heterocycles. The number of rotatable bonds is 3. The lowest BCUT2D eigenvalue weighted by Gasteiger charge is -2.56. The number of halogens is 3. The molecular weight excluding hydrogens is 331 g/mol. The third-order valence-corrected chi connectivity index (χ3v) is 6.62. The summed E-state index contributed by atoms with van der Waals surface area (Å²) in [6.07, 6.45) is 4.37. The Morgan fingerprint density at radius 3 is 2.16 bits per heavy atom. The molecule has 25 heavy (non-hydrogen) atoms. The predicted molar refractivity (Wildman–Crippen MR) is 83.9 cm³/mol. The molecule has 0 unspecified atom stereocenters. The average molecular weight is 353 g/mol. The van der Waals surface area contributed by atoms with Gasteiger partial charge < -0.3 is 5.32 Å². The molecule has 1 amide bonds. The molecule has 0 saturated heterocycles. The van der Waals surface area contributed by atoms with E-state index in [0.29, 0.717) is 30.6 Å². The zero-order chi connectivity index (χ0) is 17.4. The number of alkyl halides is 3. The van der Waals surface area contributed by atoms with E-state index in [4.69, 9.17) is 0 Å². The van der Waals surface area contributed by atoms with Gasteiger partial charge in [-0.1, -0.05) is 0 Å². The molecule has 4 nitrogen and oxygen atoms in total. The van der Waals surface area contributed by atoms with Crippen LogP contribution in [-0.4, -0.2) is 21.2 Å². The van der Waals surface area contributed by atoms with Crippen molar-refractivity contribution in [2.45, 2.75) is 69.1 Å². The lowest BCUT2D eigenvalue weighted by molar-refractivity contribution is -0.144. The Hall–Kier alpha value is -1.53. The van der Waals surface area contributed by atoms with Gasteiger partial charge in [-0.05, 0) is 69.1 Å².